The largest absolute Gasteiger partial charge is 0.493 e. The predicted molar refractivity (Wildman–Crippen MR) is 112 cm³/mol. The third-order valence-electron chi connectivity index (χ3n) is 7.80. The molecule has 0 saturated heterocycles. The fourth-order valence-electron chi connectivity index (χ4n) is 5.38. The van der Waals surface area contributed by atoms with Crippen molar-refractivity contribution in [3.8, 4) is 11.5 Å². The van der Waals surface area contributed by atoms with Gasteiger partial charge in [0, 0.05) is 12.6 Å². The minimum absolute atomic E-state index is 0.136. The molecule has 28 heavy (non-hydrogen) atoms. The van der Waals surface area contributed by atoms with Crippen molar-refractivity contribution in [2.75, 3.05) is 27.3 Å². The number of likely N-dealkylation sites (N-methyl/N-ethyl adjacent to an activating group) is 1. The summed E-state index contributed by atoms with van der Waals surface area (Å²) in [6.07, 6.45) is 3.64. The van der Waals surface area contributed by atoms with Gasteiger partial charge in [0.25, 0.3) is 0 Å². The zero-order valence-corrected chi connectivity index (χ0v) is 18.3. The van der Waals surface area contributed by atoms with Crippen LogP contribution in [-0.4, -0.2) is 44.2 Å². The predicted octanol–water partition coefficient (Wildman–Crippen LogP) is 3.86. The number of nitrogens with zero attached hydrogens (tertiary/aromatic N) is 1. The summed E-state index contributed by atoms with van der Waals surface area (Å²) in [7, 11) is 3.28. The maximum atomic E-state index is 12.8. The summed E-state index contributed by atoms with van der Waals surface area (Å²) in [6, 6.07) is 6.23. The van der Waals surface area contributed by atoms with Crippen molar-refractivity contribution < 1.29 is 14.3 Å². The van der Waals surface area contributed by atoms with Crippen LogP contribution in [0.2, 0.25) is 0 Å². The van der Waals surface area contributed by atoms with Gasteiger partial charge in [-0.2, -0.15) is 0 Å². The number of hydrogen-bond acceptors (Lipinski definition) is 4. The second-order valence-corrected chi connectivity index (χ2v) is 9.22. The molecule has 3 atom stereocenters. The Hall–Kier alpha value is -1.75. The first-order valence-corrected chi connectivity index (χ1v) is 10.5. The van der Waals surface area contributed by atoms with E-state index in [1.807, 2.05) is 18.2 Å². The highest BCUT2D eigenvalue weighted by atomic mass is 16.5. The van der Waals surface area contributed by atoms with E-state index in [1.54, 1.807) is 14.2 Å². The van der Waals surface area contributed by atoms with Crippen LogP contribution in [0.4, 0.5) is 0 Å². The Bertz CT molecular complexity index is 718. The lowest BCUT2D eigenvalue weighted by Crippen LogP contribution is -2.49. The molecule has 2 aliphatic carbocycles. The number of amides is 1. The van der Waals surface area contributed by atoms with Crippen molar-refractivity contribution in [3.05, 3.63) is 23.8 Å². The normalized spacial score (nSPS) is 27.8. The summed E-state index contributed by atoms with van der Waals surface area (Å²) in [5.41, 5.74) is 1.64. The van der Waals surface area contributed by atoms with Gasteiger partial charge in [-0.25, -0.2) is 0 Å². The summed E-state index contributed by atoms with van der Waals surface area (Å²) >= 11 is 0. The maximum Gasteiger partial charge on any atom is 0.234 e. The molecule has 5 nitrogen and oxygen atoms in total. The molecule has 1 aromatic carbocycles. The van der Waals surface area contributed by atoms with E-state index >= 15 is 0 Å². The monoisotopic (exact) mass is 388 g/mol. The van der Waals surface area contributed by atoms with Crippen molar-refractivity contribution in [1.29, 1.82) is 0 Å². The highest BCUT2D eigenvalue weighted by Gasteiger charge is 2.61. The van der Waals surface area contributed by atoms with Gasteiger partial charge < -0.3 is 14.8 Å². The molecule has 1 aromatic rings. The standard InChI is InChI=1S/C23H36N2O3/c1-7-25(14-16-8-9-18(27-5)19(12-16)28-6)15-21(26)24-20-13-17-10-11-23(20,4)22(17,2)3/h8-9,12,17,20H,7,10-11,13-15H2,1-6H3,(H,24,26)/t17-,20-,23-/m1/s1. The molecule has 156 valence electrons. The topological polar surface area (TPSA) is 50.8 Å². The Kier molecular flexibility index (Phi) is 5.95. The molecule has 0 unspecified atom stereocenters. The van der Waals surface area contributed by atoms with Crippen LogP contribution in [0.3, 0.4) is 0 Å². The molecular weight excluding hydrogens is 352 g/mol. The molecule has 1 N–H and O–H groups in total. The van der Waals surface area contributed by atoms with Gasteiger partial charge in [0.05, 0.1) is 20.8 Å². The molecule has 0 aliphatic heterocycles. The van der Waals surface area contributed by atoms with Gasteiger partial charge in [-0.1, -0.05) is 33.8 Å². The van der Waals surface area contributed by atoms with Crippen LogP contribution >= 0.6 is 0 Å². The zero-order chi connectivity index (χ0) is 20.5. The van der Waals surface area contributed by atoms with E-state index in [-0.39, 0.29) is 11.3 Å². The van der Waals surface area contributed by atoms with Gasteiger partial charge in [0.1, 0.15) is 0 Å². The number of benzene rings is 1. The van der Waals surface area contributed by atoms with Gasteiger partial charge >= 0.3 is 0 Å². The molecule has 2 saturated carbocycles. The molecule has 0 radical (unpaired) electrons. The fourth-order valence-corrected chi connectivity index (χ4v) is 5.38. The number of methoxy groups -OCH3 is 2. The zero-order valence-electron chi connectivity index (χ0n) is 18.3. The summed E-state index contributed by atoms with van der Waals surface area (Å²) in [4.78, 5) is 15.0. The SMILES string of the molecule is CCN(CC(=O)N[C@@H]1C[C@H]2CC[C@@]1(C)C2(C)C)Cc1ccc(OC)c(OC)c1. The molecule has 2 fully saturated rings. The van der Waals surface area contributed by atoms with Gasteiger partial charge in [-0.05, 0) is 60.3 Å². The van der Waals surface area contributed by atoms with E-state index in [2.05, 4.69) is 37.9 Å². The average molecular weight is 389 g/mol. The minimum atomic E-state index is 0.136. The maximum absolute atomic E-state index is 12.8. The van der Waals surface area contributed by atoms with Crippen LogP contribution in [0.15, 0.2) is 18.2 Å². The fraction of sp³-hybridized carbons (Fsp3) is 0.696. The Morgan fingerprint density at radius 1 is 1.21 bits per heavy atom. The summed E-state index contributed by atoms with van der Waals surface area (Å²) in [6.45, 7) is 11.2. The van der Waals surface area contributed by atoms with Crippen LogP contribution in [0.5, 0.6) is 11.5 Å². The number of ether oxygens (including phenoxy) is 2. The molecule has 2 aliphatic rings. The van der Waals surface area contributed by atoms with Crippen molar-refractivity contribution in [1.82, 2.24) is 10.2 Å². The van der Waals surface area contributed by atoms with Crippen molar-refractivity contribution in [3.63, 3.8) is 0 Å². The van der Waals surface area contributed by atoms with Crippen molar-refractivity contribution in [2.24, 2.45) is 16.7 Å². The quantitative estimate of drug-likeness (QED) is 0.735. The van der Waals surface area contributed by atoms with E-state index in [0.717, 1.165) is 35.9 Å². The summed E-state index contributed by atoms with van der Waals surface area (Å²) < 4.78 is 10.7. The molecule has 1 amide bonds. The first kappa shape index (κ1) is 21.0. The summed E-state index contributed by atoms with van der Waals surface area (Å²) in [5.74, 6) is 2.31. The second-order valence-electron chi connectivity index (χ2n) is 9.22. The number of carbonyl (C=O) groups is 1. The number of carbonyl (C=O) groups excluding carboxylic acids is 1. The Morgan fingerprint density at radius 2 is 1.93 bits per heavy atom. The van der Waals surface area contributed by atoms with E-state index in [1.165, 1.54) is 12.8 Å². The molecule has 0 aromatic heterocycles. The Labute approximate surface area is 169 Å². The van der Waals surface area contributed by atoms with Crippen LogP contribution < -0.4 is 14.8 Å². The van der Waals surface area contributed by atoms with E-state index < -0.39 is 0 Å². The van der Waals surface area contributed by atoms with Crippen LogP contribution in [0, 0.1) is 16.7 Å². The smallest absolute Gasteiger partial charge is 0.234 e. The number of hydrogen-bond donors (Lipinski definition) is 1. The summed E-state index contributed by atoms with van der Waals surface area (Å²) in [5, 5.41) is 3.37. The molecule has 0 heterocycles. The lowest BCUT2D eigenvalue weighted by molar-refractivity contribution is -0.124. The highest BCUT2D eigenvalue weighted by Crippen LogP contribution is 2.65. The molecule has 2 bridgehead atoms. The first-order valence-electron chi connectivity index (χ1n) is 10.5. The highest BCUT2D eigenvalue weighted by molar-refractivity contribution is 5.78. The van der Waals surface area contributed by atoms with E-state index in [9.17, 15) is 4.79 Å². The Morgan fingerprint density at radius 3 is 2.46 bits per heavy atom. The number of fused-ring (bicyclic) bond motifs is 2. The van der Waals surface area contributed by atoms with Gasteiger partial charge in [0.15, 0.2) is 11.5 Å². The third kappa shape index (κ3) is 3.61. The minimum Gasteiger partial charge on any atom is -0.493 e. The van der Waals surface area contributed by atoms with Gasteiger partial charge in [-0.15, -0.1) is 0 Å². The third-order valence-corrected chi connectivity index (χ3v) is 7.80. The average Bonchev–Trinajstić information content (AvgIpc) is 3.00. The molecular formula is C23H36N2O3. The lowest BCUT2D eigenvalue weighted by Gasteiger charge is -2.39. The van der Waals surface area contributed by atoms with Crippen LogP contribution in [-0.2, 0) is 11.3 Å². The van der Waals surface area contributed by atoms with Gasteiger partial charge in [0.2, 0.25) is 5.91 Å². The van der Waals surface area contributed by atoms with Gasteiger partial charge in [-0.3, -0.25) is 9.69 Å². The number of rotatable bonds is 8. The lowest BCUT2D eigenvalue weighted by atomic mass is 9.69. The Balaban J connectivity index is 1.60. The first-order chi connectivity index (χ1) is 13.2. The number of nitrogens with one attached hydrogen (secondary N) is 1. The van der Waals surface area contributed by atoms with Crippen molar-refractivity contribution in [2.45, 2.75) is 59.5 Å². The molecule has 0 spiro atoms. The second kappa shape index (κ2) is 7.94. The van der Waals surface area contributed by atoms with Crippen LogP contribution in [0.25, 0.3) is 0 Å². The van der Waals surface area contributed by atoms with Crippen molar-refractivity contribution >= 4 is 5.91 Å². The van der Waals surface area contributed by atoms with E-state index in [4.69, 9.17) is 9.47 Å². The molecule has 3 rings (SSSR count). The van der Waals surface area contributed by atoms with E-state index in [0.29, 0.717) is 24.5 Å². The van der Waals surface area contributed by atoms with Crippen LogP contribution in [0.1, 0.15) is 52.5 Å². The molecule has 5 heteroatoms.